The molecule has 26 heavy (non-hydrogen) atoms. The first kappa shape index (κ1) is 16.6. The summed E-state index contributed by atoms with van der Waals surface area (Å²) < 4.78 is 19.6. The summed E-state index contributed by atoms with van der Waals surface area (Å²) in [5.74, 6) is 5.03. The average Bonchev–Trinajstić information content (AvgIpc) is 2.61. The number of aromatic nitrogens is 1. The van der Waals surface area contributed by atoms with Crippen LogP contribution in [0.5, 0.6) is 0 Å². The highest BCUT2D eigenvalue weighted by Gasteiger charge is 2.29. The summed E-state index contributed by atoms with van der Waals surface area (Å²) in [5, 5.41) is 3.13. The second-order valence-corrected chi connectivity index (χ2v) is 6.47. The van der Waals surface area contributed by atoms with Crippen LogP contribution in [-0.2, 0) is 4.74 Å². The lowest BCUT2D eigenvalue weighted by molar-refractivity contribution is -0.0546. The second kappa shape index (κ2) is 6.48. The van der Waals surface area contributed by atoms with E-state index in [0.717, 1.165) is 21.3 Å². The van der Waals surface area contributed by atoms with Crippen molar-refractivity contribution in [2.45, 2.75) is 13.0 Å². The predicted molar refractivity (Wildman–Crippen MR) is 96.8 cm³/mol. The molecule has 0 unspecified atom stereocenters. The fourth-order valence-corrected chi connectivity index (χ4v) is 3.05. The van der Waals surface area contributed by atoms with Gasteiger partial charge in [0.05, 0.1) is 19.3 Å². The number of hydrogen-bond acceptors (Lipinski definition) is 4. The van der Waals surface area contributed by atoms with Gasteiger partial charge in [-0.1, -0.05) is 12.1 Å². The highest BCUT2D eigenvalue weighted by Crippen LogP contribution is 2.30. The van der Waals surface area contributed by atoms with Crippen molar-refractivity contribution in [2.75, 3.05) is 13.2 Å². The quantitative estimate of drug-likeness (QED) is 0.447. The highest BCUT2D eigenvalue weighted by molar-refractivity contribution is 5.96. The zero-order chi connectivity index (χ0) is 18.3. The average molecular weight is 351 g/mol. The van der Waals surface area contributed by atoms with Crippen LogP contribution >= 0.6 is 0 Å². The summed E-state index contributed by atoms with van der Waals surface area (Å²) >= 11 is 0. The lowest BCUT2D eigenvalue weighted by atomic mass is 9.95. The zero-order valence-corrected chi connectivity index (χ0v) is 14.3. The fourth-order valence-electron chi connectivity index (χ4n) is 3.05. The monoisotopic (exact) mass is 351 g/mol. The number of hydrazine groups is 1. The van der Waals surface area contributed by atoms with Crippen LogP contribution in [0.15, 0.2) is 48.8 Å². The van der Waals surface area contributed by atoms with Gasteiger partial charge in [-0.3, -0.25) is 14.8 Å². The number of ether oxygens (including phenoxy) is 1. The van der Waals surface area contributed by atoms with E-state index < -0.39 is 11.7 Å². The summed E-state index contributed by atoms with van der Waals surface area (Å²) in [6, 6.07) is 10.5. The summed E-state index contributed by atoms with van der Waals surface area (Å²) in [6.45, 7) is 2.51. The summed E-state index contributed by atoms with van der Waals surface area (Å²) in [5.41, 5.74) is 2.20. The SMILES string of the molecule is Cc1c(F)cc(C(=O)N(N)C2COC2)cc1-c1ccc2ccncc2c1. The van der Waals surface area contributed by atoms with Gasteiger partial charge in [-0.05, 0) is 53.3 Å². The van der Waals surface area contributed by atoms with Crippen molar-refractivity contribution in [2.24, 2.45) is 5.84 Å². The van der Waals surface area contributed by atoms with Crippen molar-refractivity contribution in [1.82, 2.24) is 9.99 Å². The molecule has 0 spiro atoms. The van der Waals surface area contributed by atoms with Crippen molar-refractivity contribution in [3.63, 3.8) is 0 Å². The number of rotatable bonds is 3. The number of halogens is 1. The maximum atomic E-state index is 14.5. The molecule has 5 nitrogen and oxygen atoms in total. The minimum Gasteiger partial charge on any atom is -0.377 e. The van der Waals surface area contributed by atoms with Crippen molar-refractivity contribution >= 4 is 16.7 Å². The number of carbonyl (C=O) groups excluding carboxylic acids is 1. The molecule has 1 fully saturated rings. The van der Waals surface area contributed by atoms with Crippen molar-refractivity contribution < 1.29 is 13.9 Å². The molecule has 0 atom stereocenters. The van der Waals surface area contributed by atoms with Crippen molar-refractivity contribution in [1.29, 1.82) is 0 Å². The molecule has 2 heterocycles. The molecule has 0 radical (unpaired) electrons. The molecule has 2 aromatic carbocycles. The Kier molecular flexibility index (Phi) is 4.14. The number of nitrogens with zero attached hydrogens (tertiary/aromatic N) is 2. The van der Waals surface area contributed by atoms with E-state index in [1.807, 2.05) is 24.3 Å². The van der Waals surface area contributed by atoms with Crippen LogP contribution in [0.2, 0.25) is 0 Å². The Hall–Kier alpha value is -2.83. The van der Waals surface area contributed by atoms with Gasteiger partial charge < -0.3 is 4.74 Å². The molecule has 4 rings (SSSR count). The lowest BCUT2D eigenvalue weighted by Crippen LogP contribution is -2.55. The van der Waals surface area contributed by atoms with E-state index in [4.69, 9.17) is 10.6 Å². The summed E-state index contributed by atoms with van der Waals surface area (Å²) in [7, 11) is 0. The first-order valence-corrected chi connectivity index (χ1v) is 8.35. The third-order valence-corrected chi connectivity index (χ3v) is 4.79. The van der Waals surface area contributed by atoms with Crippen LogP contribution in [0, 0.1) is 12.7 Å². The van der Waals surface area contributed by atoms with Gasteiger partial charge in [-0.25, -0.2) is 10.2 Å². The molecule has 132 valence electrons. The minimum absolute atomic E-state index is 0.165. The number of carbonyl (C=O) groups is 1. The van der Waals surface area contributed by atoms with Crippen LogP contribution < -0.4 is 5.84 Å². The number of nitrogens with two attached hydrogens (primary N) is 1. The van der Waals surface area contributed by atoms with Crippen LogP contribution in [0.3, 0.4) is 0 Å². The molecule has 2 N–H and O–H groups in total. The van der Waals surface area contributed by atoms with E-state index in [0.29, 0.717) is 24.3 Å². The van der Waals surface area contributed by atoms with Crippen LogP contribution in [0.4, 0.5) is 4.39 Å². The molecule has 0 saturated carbocycles. The maximum absolute atomic E-state index is 14.5. The summed E-state index contributed by atoms with van der Waals surface area (Å²) in [6.07, 6.45) is 3.49. The van der Waals surface area contributed by atoms with Crippen LogP contribution in [0.1, 0.15) is 15.9 Å². The van der Waals surface area contributed by atoms with Crippen molar-refractivity contribution in [3.8, 4) is 11.1 Å². The molecule has 0 bridgehead atoms. The van der Waals surface area contributed by atoms with E-state index in [9.17, 15) is 9.18 Å². The molecule has 1 aliphatic heterocycles. The normalized spacial score (nSPS) is 14.3. The molecule has 6 heteroatoms. The Morgan fingerprint density at radius 3 is 2.77 bits per heavy atom. The summed E-state index contributed by atoms with van der Waals surface area (Å²) in [4.78, 5) is 16.7. The van der Waals surface area contributed by atoms with Crippen LogP contribution in [0.25, 0.3) is 21.9 Å². The molecule has 1 aromatic heterocycles. The maximum Gasteiger partial charge on any atom is 0.268 e. The van der Waals surface area contributed by atoms with Gasteiger partial charge in [-0.2, -0.15) is 0 Å². The molecular formula is C20H18FN3O2. The minimum atomic E-state index is -0.435. The second-order valence-electron chi connectivity index (χ2n) is 6.47. The lowest BCUT2D eigenvalue weighted by Gasteiger charge is -2.33. The van der Waals surface area contributed by atoms with Gasteiger partial charge >= 0.3 is 0 Å². The highest BCUT2D eigenvalue weighted by atomic mass is 19.1. The van der Waals surface area contributed by atoms with Crippen LogP contribution in [-0.4, -0.2) is 35.2 Å². The molecule has 1 amide bonds. The zero-order valence-electron chi connectivity index (χ0n) is 14.3. The molecule has 3 aromatic rings. The van der Waals surface area contributed by atoms with Gasteiger partial charge in [-0.15, -0.1) is 0 Å². The molecular weight excluding hydrogens is 333 g/mol. The molecule has 1 aliphatic rings. The standard InChI is InChI=1S/C20H18FN3O2/c1-12-18(14-3-2-13-4-5-23-9-16(13)6-14)7-15(8-19(12)21)20(25)24(22)17-10-26-11-17/h2-9,17H,10-11,22H2,1H3. The number of fused-ring (bicyclic) bond motifs is 1. The van der Waals surface area contributed by atoms with E-state index in [1.165, 1.54) is 6.07 Å². The largest absolute Gasteiger partial charge is 0.377 e. The van der Waals surface area contributed by atoms with Gasteiger partial charge in [0.2, 0.25) is 0 Å². The number of hydrogen-bond donors (Lipinski definition) is 1. The van der Waals surface area contributed by atoms with E-state index in [-0.39, 0.29) is 11.6 Å². The fraction of sp³-hybridized carbons (Fsp3) is 0.200. The van der Waals surface area contributed by atoms with E-state index in [2.05, 4.69) is 4.98 Å². The topological polar surface area (TPSA) is 68.5 Å². The third-order valence-electron chi connectivity index (χ3n) is 4.79. The third kappa shape index (κ3) is 2.83. The van der Waals surface area contributed by atoms with Gasteiger partial charge in [0, 0.05) is 23.3 Å². The Morgan fingerprint density at radius 2 is 2.04 bits per heavy atom. The van der Waals surface area contributed by atoms with Gasteiger partial charge in [0.25, 0.3) is 5.91 Å². The van der Waals surface area contributed by atoms with Gasteiger partial charge in [0.1, 0.15) is 5.82 Å². The Balaban J connectivity index is 1.77. The number of pyridine rings is 1. The number of benzene rings is 2. The Morgan fingerprint density at radius 1 is 1.23 bits per heavy atom. The molecule has 1 saturated heterocycles. The smallest absolute Gasteiger partial charge is 0.268 e. The van der Waals surface area contributed by atoms with E-state index >= 15 is 0 Å². The Labute approximate surface area is 150 Å². The Bertz CT molecular complexity index is 1000. The molecule has 0 aliphatic carbocycles. The van der Waals surface area contributed by atoms with Gasteiger partial charge in [0.15, 0.2) is 0 Å². The first-order chi connectivity index (χ1) is 12.5. The van der Waals surface area contributed by atoms with E-state index in [1.54, 1.807) is 25.4 Å². The first-order valence-electron chi connectivity index (χ1n) is 8.35. The predicted octanol–water partition coefficient (Wildman–Crippen LogP) is 3.06. The van der Waals surface area contributed by atoms with Crippen molar-refractivity contribution in [3.05, 3.63) is 65.7 Å². The number of amides is 1.